The Morgan fingerprint density at radius 2 is 1.76 bits per heavy atom. The molecule has 1 fully saturated rings. The normalized spacial score (nSPS) is 12.9. The molecule has 2 N–H and O–H groups in total. The number of anilines is 2. The van der Waals surface area contributed by atoms with E-state index in [0.717, 1.165) is 46.0 Å². The van der Waals surface area contributed by atoms with Gasteiger partial charge in [-0.15, -0.1) is 0 Å². The molecule has 0 unspecified atom stereocenters. The maximum Gasteiger partial charge on any atom is 0.258 e. The number of aromatic nitrogens is 3. The van der Waals surface area contributed by atoms with Gasteiger partial charge < -0.3 is 9.84 Å². The van der Waals surface area contributed by atoms with E-state index in [-0.39, 0.29) is 11.8 Å². The van der Waals surface area contributed by atoms with Crippen molar-refractivity contribution in [3.63, 3.8) is 0 Å². The maximum atomic E-state index is 13.5. The number of fused-ring (bicyclic) bond motifs is 1. The standard InChI is InChI=1S/C30H25N5O3/c1-17-12-18(2)27-23(13-17)24(14-26(34-27)21-4-3-11-31-15-21)29(37)33-22-9-7-20(8-10-22)28(36)35-30-25(16-32-38-30)19-5-6-19/h3-4,7-16,19H,5-6H2,1-2H3,(H,33,37)(H,35,36). The lowest BCUT2D eigenvalue weighted by molar-refractivity contribution is 0.101. The molecular weight excluding hydrogens is 478 g/mol. The summed E-state index contributed by atoms with van der Waals surface area (Å²) in [7, 11) is 0. The average Bonchev–Trinajstić information content (AvgIpc) is 3.67. The molecule has 188 valence electrons. The highest BCUT2D eigenvalue weighted by molar-refractivity contribution is 6.13. The van der Waals surface area contributed by atoms with Crippen molar-refractivity contribution in [1.29, 1.82) is 0 Å². The molecule has 1 saturated carbocycles. The molecule has 0 radical (unpaired) electrons. The molecule has 8 nitrogen and oxygen atoms in total. The fourth-order valence-corrected chi connectivity index (χ4v) is 4.64. The Hall–Kier alpha value is -4.85. The van der Waals surface area contributed by atoms with Crippen molar-refractivity contribution in [3.8, 4) is 11.3 Å². The third-order valence-electron chi connectivity index (χ3n) is 6.70. The second-order valence-electron chi connectivity index (χ2n) is 9.64. The molecule has 8 heteroatoms. The Labute approximate surface area is 219 Å². The van der Waals surface area contributed by atoms with Gasteiger partial charge in [0.25, 0.3) is 11.8 Å². The van der Waals surface area contributed by atoms with Crippen LogP contribution in [-0.4, -0.2) is 26.9 Å². The van der Waals surface area contributed by atoms with Crippen molar-refractivity contribution in [2.24, 2.45) is 0 Å². The fraction of sp³-hybridized carbons (Fsp3) is 0.167. The minimum absolute atomic E-state index is 0.263. The van der Waals surface area contributed by atoms with Gasteiger partial charge in [0.05, 0.1) is 23.0 Å². The monoisotopic (exact) mass is 503 g/mol. The number of aryl methyl sites for hydroxylation is 2. The number of rotatable bonds is 6. The first kappa shape index (κ1) is 23.5. The van der Waals surface area contributed by atoms with Gasteiger partial charge in [0.15, 0.2) is 0 Å². The molecule has 0 aliphatic heterocycles. The number of carbonyl (C=O) groups is 2. The Kier molecular flexibility index (Phi) is 5.92. The van der Waals surface area contributed by atoms with Crippen molar-refractivity contribution >= 4 is 34.3 Å². The SMILES string of the molecule is Cc1cc(C)c2nc(-c3cccnc3)cc(C(=O)Nc3ccc(C(=O)Nc4oncc4C4CC4)cc3)c2c1. The quantitative estimate of drug-likeness (QED) is 0.282. The van der Waals surface area contributed by atoms with E-state index in [4.69, 9.17) is 9.51 Å². The van der Waals surface area contributed by atoms with Crippen molar-refractivity contribution in [1.82, 2.24) is 15.1 Å². The van der Waals surface area contributed by atoms with Gasteiger partial charge in [0, 0.05) is 40.2 Å². The third kappa shape index (κ3) is 4.64. The van der Waals surface area contributed by atoms with Crippen LogP contribution in [0.5, 0.6) is 0 Å². The highest BCUT2D eigenvalue weighted by atomic mass is 16.5. The second kappa shape index (κ2) is 9.55. The number of nitrogens with one attached hydrogen (secondary N) is 2. The van der Waals surface area contributed by atoms with Crippen LogP contribution in [0, 0.1) is 13.8 Å². The van der Waals surface area contributed by atoms with Crippen LogP contribution in [0.4, 0.5) is 11.6 Å². The molecule has 5 aromatic rings. The van der Waals surface area contributed by atoms with E-state index in [1.165, 1.54) is 0 Å². The number of hydrogen-bond donors (Lipinski definition) is 2. The molecule has 1 aliphatic carbocycles. The molecule has 0 atom stereocenters. The van der Waals surface area contributed by atoms with Crippen molar-refractivity contribution in [3.05, 3.63) is 101 Å². The Morgan fingerprint density at radius 3 is 2.50 bits per heavy atom. The van der Waals surface area contributed by atoms with E-state index in [1.807, 2.05) is 32.0 Å². The molecule has 2 aromatic carbocycles. The van der Waals surface area contributed by atoms with E-state index in [1.54, 1.807) is 48.9 Å². The topological polar surface area (TPSA) is 110 Å². The van der Waals surface area contributed by atoms with E-state index in [2.05, 4.69) is 26.8 Å². The first-order valence-electron chi connectivity index (χ1n) is 12.5. The first-order valence-corrected chi connectivity index (χ1v) is 12.5. The summed E-state index contributed by atoms with van der Waals surface area (Å²) in [5.41, 5.74) is 6.78. The minimum Gasteiger partial charge on any atom is -0.338 e. The zero-order valence-electron chi connectivity index (χ0n) is 21.0. The molecule has 38 heavy (non-hydrogen) atoms. The molecule has 6 rings (SSSR count). The van der Waals surface area contributed by atoms with Crippen LogP contribution in [0.3, 0.4) is 0 Å². The summed E-state index contributed by atoms with van der Waals surface area (Å²) in [4.78, 5) is 35.3. The van der Waals surface area contributed by atoms with Gasteiger partial charge in [0.2, 0.25) is 5.88 Å². The highest BCUT2D eigenvalue weighted by Crippen LogP contribution is 2.43. The van der Waals surface area contributed by atoms with Gasteiger partial charge in [-0.3, -0.25) is 19.9 Å². The molecule has 1 aliphatic rings. The van der Waals surface area contributed by atoms with Crippen LogP contribution in [0.15, 0.2) is 77.7 Å². The van der Waals surface area contributed by atoms with E-state index >= 15 is 0 Å². The molecule has 3 aromatic heterocycles. The summed E-state index contributed by atoms with van der Waals surface area (Å²) in [6.45, 7) is 3.99. The van der Waals surface area contributed by atoms with Crippen molar-refractivity contribution in [2.45, 2.75) is 32.6 Å². The van der Waals surface area contributed by atoms with Crippen LogP contribution < -0.4 is 10.6 Å². The number of pyridine rings is 2. The number of carbonyl (C=O) groups excluding carboxylic acids is 2. The lowest BCUT2D eigenvalue weighted by atomic mass is 9.99. The highest BCUT2D eigenvalue weighted by Gasteiger charge is 2.29. The zero-order valence-corrected chi connectivity index (χ0v) is 21.0. The lowest BCUT2D eigenvalue weighted by Crippen LogP contribution is -2.15. The van der Waals surface area contributed by atoms with Crippen molar-refractivity contribution in [2.75, 3.05) is 10.6 Å². The molecular formula is C30H25N5O3. The van der Waals surface area contributed by atoms with E-state index in [0.29, 0.717) is 34.3 Å². The first-order chi connectivity index (χ1) is 18.5. The summed E-state index contributed by atoms with van der Waals surface area (Å²) < 4.78 is 5.23. The lowest BCUT2D eigenvalue weighted by Gasteiger charge is -2.13. The fourth-order valence-electron chi connectivity index (χ4n) is 4.64. The molecule has 0 spiro atoms. The van der Waals surface area contributed by atoms with E-state index < -0.39 is 0 Å². The van der Waals surface area contributed by atoms with Crippen LogP contribution in [0.2, 0.25) is 0 Å². The number of hydrogen-bond acceptors (Lipinski definition) is 6. The predicted molar refractivity (Wildman–Crippen MR) is 145 cm³/mol. The van der Waals surface area contributed by atoms with Gasteiger partial charge in [-0.2, -0.15) is 0 Å². The minimum atomic E-state index is -0.297. The molecule has 0 saturated heterocycles. The average molecular weight is 504 g/mol. The van der Waals surface area contributed by atoms with Crippen LogP contribution in [0.25, 0.3) is 22.2 Å². The van der Waals surface area contributed by atoms with Gasteiger partial charge in [0.1, 0.15) is 0 Å². The smallest absolute Gasteiger partial charge is 0.258 e. The predicted octanol–water partition coefficient (Wildman–Crippen LogP) is 6.28. The molecule has 0 bridgehead atoms. The second-order valence-corrected chi connectivity index (χ2v) is 9.64. The number of benzene rings is 2. The summed E-state index contributed by atoms with van der Waals surface area (Å²) in [6, 6.07) is 16.3. The van der Waals surface area contributed by atoms with Gasteiger partial charge in [-0.05, 0) is 86.7 Å². The van der Waals surface area contributed by atoms with E-state index in [9.17, 15) is 9.59 Å². The maximum absolute atomic E-state index is 13.5. The van der Waals surface area contributed by atoms with Crippen LogP contribution in [0.1, 0.15) is 56.2 Å². The van der Waals surface area contributed by atoms with Crippen molar-refractivity contribution < 1.29 is 14.1 Å². The summed E-state index contributed by atoms with van der Waals surface area (Å²) in [6.07, 6.45) is 7.25. The van der Waals surface area contributed by atoms with Crippen LogP contribution in [-0.2, 0) is 0 Å². The summed E-state index contributed by atoms with van der Waals surface area (Å²) >= 11 is 0. The van der Waals surface area contributed by atoms with Gasteiger partial charge in [-0.1, -0.05) is 16.8 Å². The Bertz CT molecular complexity index is 1670. The van der Waals surface area contributed by atoms with Gasteiger partial charge in [-0.25, -0.2) is 4.98 Å². The summed E-state index contributed by atoms with van der Waals surface area (Å²) in [5.74, 6) is 0.244. The van der Waals surface area contributed by atoms with Gasteiger partial charge >= 0.3 is 0 Å². The molecule has 3 heterocycles. The zero-order chi connectivity index (χ0) is 26.2. The number of amides is 2. The Balaban J connectivity index is 1.26. The summed E-state index contributed by atoms with van der Waals surface area (Å²) in [5, 5.41) is 10.4. The third-order valence-corrected chi connectivity index (χ3v) is 6.70. The number of nitrogens with zero attached hydrogens (tertiary/aromatic N) is 3. The largest absolute Gasteiger partial charge is 0.338 e. The van der Waals surface area contributed by atoms with Crippen LogP contribution >= 0.6 is 0 Å². The Morgan fingerprint density at radius 1 is 0.947 bits per heavy atom. The molecule has 2 amide bonds.